The quantitative estimate of drug-likeness (QED) is 0.708. The summed E-state index contributed by atoms with van der Waals surface area (Å²) in [6, 6.07) is 0. The molecule has 2 unspecified atom stereocenters. The highest BCUT2D eigenvalue weighted by atomic mass is 16.3. The highest BCUT2D eigenvalue weighted by Gasteiger charge is 2.66. The number of carbonyl (C=O) groups is 1. The summed E-state index contributed by atoms with van der Waals surface area (Å²) in [6.07, 6.45) is 4.03. The van der Waals surface area contributed by atoms with Crippen molar-refractivity contribution < 1.29 is 9.90 Å². The fourth-order valence-corrected chi connectivity index (χ4v) is 5.07. The van der Waals surface area contributed by atoms with E-state index in [0.717, 1.165) is 18.4 Å². The molecule has 2 nitrogen and oxygen atoms in total. The molecule has 0 aromatic carbocycles. The molecule has 0 aromatic heterocycles. The van der Waals surface area contributed by atoms with Gasteiger partial charge in [-0.1, -0.05) is 32.4 Å². The number of hydrogen-bond donors (Lipinski definition) is 1. The number of aliphatic hydroxyl groups is 1. The maximum absolute atomic E-state index is 12.1. The van der Waals surface area contributed by atoms with Crippen LogP contribution >= 0.6 is 0 Å². The van der Waals surface area contributed by atoms with Gasteiger partial charge in [0, 0.05) is 17.8 Å². The van der Waals surface area contributed by atoms with Crippen molar-refractivity contribution in [1.82, 2.24) is 0 Å². The van der Waals surface area contributed by atoms with E-state index in [1.807, 2.05) is 0 Å². The summed E-state index contributed by atoms with van der Waals surface area (Å²) in [7, 11) is 0. The maximum Gasteiger partial charge on any atom is 0.140 e. The molecule has 0 heterocycles. The molecule has 3 saturated carbocycles. The van der Waals surface area contributed by atoms with E-state index >= 15 is 0 Å². The van der Waals surface area contributed by atoms with E-state index in [1.165, 1.54) is 6.42 Å². The van der Waals surface area contributed by atoms with Crippen molar-refractivity contribution in [1.29, 1.82) is 0 Å². The number of hydrogen-bond acceptors (Lipinski definition) is 2. The maximum atomic E-state index is 12.1. The molecule has 4 atom stereocenters. The van der Waals surface area contributed by atoms with Crippen LogP contribution in [-0.4, -0.2) is 17.5 Å². The zero-order valence-electron chi connectivity index (χ0n) is 10.8. The van der Waals surface area contributed by atoms with Crippen LogP contribution in [0.25, 0.3) is 0 Å². The monoisotopic (exact) mass is 234 g/mol. The van der Waals surface area contributed by atoms with E-state index in [0.29, 0.717) is 24.0 Å². The first kappa shape index (κ1) is 11.5. The van der Waals surface area contributed by atoms with Crippen molar-refractivity contribution in [2.24, 2.45) is 28.6 Å². The molecule has 0 aromatic rings. The largest absolute Gasteiger partial charge is 0.395 e. The minimum Gasteiger partial charge on any atom is -0.395 e. The van der Waals surface area contributed by atoms with E-state index in [-0.39, 0.29) is 23.4 Å². The lowest BCUT2D eigenvalue weighted by Crippen LogP contribution is -2.36. The molecule has 3 aliphatic carbocycles. The third-order valence-electron chi connectivity index (χ3n) is 5.91. The molecule has 3 rings (SSSR count). The van der Waals surface area contributed by atoms with E-state index < -0.39 is 0 Å². The van der Waals surface area contributed by atoms with Crippen molar-refractivity contribution >= 4 is 5.78 Å². The molecule has 0 amide bonds. The molecule has 0 saturated heterocycles. The van der Waals surface area contributed by atoms with E-state index in [2.05, 4.69) is 20.4 Å². The van der Waals surface area contributed by atoms with Crippen LogP contribution in [0.5, 0.6) is 0 Å². The topological polar surface area (TPSA) is 37.3 Å². The van der Waals surface area contributed by atoms with Gasteiger partial charge < -0.3 is 5.11 Å². The Labute approximate surface area is 103 Å². The summed E-state index contributed by atoms with van der Waals surface area (Å²) >= 11 is 0. The molecule has 1 N–H and O–H groups in total. The third-order valence-corrected chi connectivity index (χ3v) is 5.91. The Balaban J connectivity index is 2.14. The molecule has 0 spiro atoms. The summed E-state index contributed by atoms with van der Waals surface area (Å²) in [5, 5.41) is 9.87. The number of carbonyl (C=O) groups excluding carboxylic acids is 1. The Hall–Kier alpha value is -0.630. The van der Waals surface area contributed by atoms with Gasteiger partial charge >= 0.3 is 0 Å². The van der Waals surface area contributed by atoms with Crippen LogP contribution in [0.1, 0.15) is 39.5 Å². The van der Waals surface area contributed by atoms with Gasteiger partial charge in [0.2, 0.25) is 0 Å². The first-order valence-corrected chi connectivity index (χ1v) is 6.77. The minimum atomic E-state index is -0.128. The predicted molar refractivity (Wildman–Crippen MR) is 66.4 cm³/mol. The van der Waals surface area contributed by atoms with Gasteiger partial charge in [-0.05, 0) is 30.1 Å². The summed E-state index contributed by atoms with van der Waals surface area (Å²) in [5.41, 5.74) is 1.15. The molecule has 4 bridgehead atoms. The van der Waals surface area contributed by atoms with Gasteiger partial charge in [0.05, 0.1) is 6.61 Å². The molecular formula is C15H22O2. The van der Waals surface area contributed by atoms with Gasteiger partial charge in [-0.2, -0.15) is 0 Å². The van der Waals surface area contributed by atoms with Crippen LogP contribution < -0.4 is 0 Å². The molecule has 0 aliphatic heterocycles. The third kappa shape index (κ3) is 1.17. The van der Waals surface area contributed by atoms with Crippen LogP contribution in [0.2, 0.25) is 0 Å². The predicted octanol–water partition coefficient (Wildman–Crippen LogP) is 2.57. The first-order valence-electron chi connectivity index (χ1n) is 6.77. The zero-order valence-corrected chi connectivity index (χ0v) is 10.8. The Morgan fingerprint density at radius 3 is 2.76 bits per heavy atom. The lowest BCUT2D eigenvalue weighted by Gasteiger charge is -2.37. The Morgan fingerprint density at radius 2 is 2.12 bits per heavy atom. The van der Waals surface area contributed by atoms with Crippen LogP contribution in [0.4, 0.5) is 0 Å². The molecule has 0 radical (unpaired) electrons. The van der Waals surface area contributed by atoms with Crippen molar-refractivity contribution in [3.8, 4) is 0 Å². The second-order valence-corrected chi connectivity index (χ2v) is 6.96. The lowest BCUT2D eigenvalue weighted by atomic mass is 9.68. The van der Waals surface area contributed by atoms with Crippen molar-refractivity contribution in [3.05, 3.63) is 12.2 Å². The summed E-state index contributed by atoms with van der Waals surface area (Å²) in [5.74, 6) is 1.21. The average molecular weight is 234 g/mol. The molecule has 17 heavy (non-hydrogen) atoms. The first-order chi connectivity index (χ1) is 7.94. The number of rotatable bonds is 1. The SMILES string of the molecule is C=C1C2C(=O)C[C@@H]3C2C(C)(C)CCC[C@]13CO. The number of ketones is 1. The normalized spacial score (nSPS) is 47.4. The zero-order chi connectivity index (χ0) is 12.4. The van der Waals surface area contributed by atoms with Crippen LogP contribution in [-0.2, 0) is 4.79 Å². The summed E-state index contributed by atoms with van der Waals surface area (Å²) in [6.45, 7) is 8.97. The van der Waals surface area contributed by atoms with Crippen LogP contribution in [0.3, 0.4) is 0 Å². The average Bonchev–Trinajstić information content (AvgIpc) is 2.67. The van der Waals surface area contributed by atoms with Gasteiger partial charge in [-0.25, -0.2) is 0 Å². The Morgan fingerprint density at radius 1 is 1.41 bits per heavy atom. The highest BCUT2D eigenvalue weighted by molar-refractivity contribution is 5.89. The van der Waals surface area contributed by atoms with Crippen molar-refractivity contribution in [3.63, 3.8) is 0 Å². The summed E-state index contributed by atoms with van der Waals surface area (Å²) in [4.78, 5) is 12.1. The fourth-order valence-electron chi connectivity index (χ4n) is 5.07. The highest BCUT2D eigenvalue weighted by Crippen LogP contribution is 2.68. The minimum absolute atomic E-state index is 0.0439. The van der Waals surface area contributed by atoms with Crippen LogP contribution in [0.15, 0.2) is 12.2 Å². The lowest BCUT2D eigenvalue weighted by molar-refractivity contribution is -0.122. The second kappa shape index (κ2) is 3.23. The van der Waals surface area contributed by atoms with Gasteiger partial charge in [0.15, 0.2) is 0 Å². The second-order valence-electron chi connectivity index (χ2n) is 6.96. The fraction of sp³-hybridized carbons (Fsp3) is 0.800. The molecular weight excluding hydrogens is 212 g/mol. The van der Waals surface area contributed by atoms with Gasteiger partial charge in [0.1, 0.15) is 5.78 Å². The number of Topliss-reactive ketones (excluding diaryl/α,β-unsaturated/α-hetero) is 1. The van der Waals surface area contributed by atoms with E-state index in [1.54, 1.807) is 0 Å². The Bertz CT molecular complexity index is 396. The molecule has 3 fully saturated rings. The van der Waals surface area contributed by atoms with Crippen LogP contribution in [0, 0.1) is 28.6 Å². The molecule has 3 aliphatic rings. The van der Waals surface area contributed by atoms with Gasteiger partial charge in [-0.3, -0.25) is 4.79 Å². The van der Waals surface area contributed by atoms with Gasteiger partial charge in [0.25, 0.3) is 0 Å². The standard InChI is InChI=1S/C15H22O2/c1-9-12-11(17)7-10-13(12)14(2,3)5-4-6-15(9,10)8-16/h10,12-13,16H,1,4-8H2,2-3H3/t10-,12?,13?,15+/m1/s1. The van der Waals surface area contributed by atoms with E-state index in [9.17, 15) is 9.90 Å². The molecule has 94 valence electrons. The number of aliphatic hydroxyl groups excluding tert-OH is 1. The van der Waals surface area contributed by atoms with Crippen molar-refractivity contribution in [2.45, 2.75) is 39.5 Å². The summed E-state index contributed by atoms with van der Waals surface area (Å²) < 4.78 is 0. The smallest absolute Gasteiger partial charge is 0.140 e. The van der Waals surface area contributed by atoms with Gasteiger partial charge in [-0.15, -0.1) is 0 Å². The molecule has 2 heteroatoms. The van der Waals surface area contributed by atoms with Crippen molar-refractivity contribution in [2.75, 3.05) is 6.61 Å². The Kier molecular flexibility index (Phi) is 2.17. The van der Waals surface area contributed by atoms with E-state index in [4.69, 9.17) is 0 Å².